The maximum atomic E-state index is 12.3. The number of likely N-dealkylation sites (N-methyl/N-ethyl adjacent to an activating group) is 1. The lowest BCUT2D eigenvalue weighted by Crippen LogP contribution is -2.49. The molecule has 5 nitrogen and oxygen atoms in total. The summed E-state index contributed by atoms with van der Waals surface area (Å²) in [6, 6.07) is 6.84. The number of nitrogens with zero attached hydrogens (tertiary/aromatic N) is 1. The molecule has 0 aromatic heterocycles. The number of thioether (sulfide) groups is 1. The molecule has 0 radical (unpaired) electrons. The fourth-order valence-electron chi connectivity index (χ4n) is 2.18. The first-order chi connectivity index (χ1) is 13.0. The number of ether oxygens (including phenoxy) is 1. The summed E-state index contributed by atoms with van der Waals surface area (Å²) in [7, 11) is 0. The van der Waals surface area contributed by atoms with Gasteiger partial charge in [-0.05, 0) is 30.7 Å². The van der Waals surface area contributed by atoms with Crippen LogP contribution < -0.4 is 10.1 Å². The van der Waals surface area contributed by atoms with Crippen LogP contribution in [0.1, 0.15) is 26.3 Å². The van der Waals surface area contributed by atoms with Gasteiger partial charge in [-0.2, -0.15) is 0 Å². The molecule has 1 N–H and O–H groups in total. The van der Waals surface area contributed by atoms with Crippen molar-refractivity contribution in [3.05, 3.63) is 34.7 Å². The van der Waals surface area contributed by atoms with Crippen molar-refractivity contribution < 1.29 is 14.3 Å². The molecule has 2 rings (SSSR count). The minimum Gasteiger partial charge on any atom is -0.466 e. The molecule has 0 unspecified atom stereocenters. The Labute approximate surface area is 188 Å². The molecule has 0 bridgehead atoms. The van der Waals surface area contributed by atoms with Crippen molar-refractivity contribution in [1.82, 2.24) is 10.2 Å². The van der Waals surface area contributed by atoms with Gasteiger partial charge in [0.05, 0.1) is 4.91 Å². The van der Waals surface area contributed by atoms with Crippen molar-refractivity contribution in [2.75, 3.05) is 6.54 Å². The minimum atomic E-state index is -1.85. The molecule has 1 fully saturated rings. The second kappa shape index (κ2) is 9.67. The van der Waals surface area contributed by atoms with E-state index in [1.54, 1.807) is 49.1 Å². The molecule has 0 saturated carbocycles. The van der Waals surface area contributed by atoms with Crippen LogP contribution in [0.5, 0.6) is 5.75 Å². The first-order valence-electron chi connectivity index (χ1n) is 8.42. The summed E-state index contributed by atoms with van der Waals surface area (Å²) in [4.78, 5) is 26.3. The van der Waals surface area contributed by atoms with Crippen molar-refractivity contribution in [2.24, 2.45) is 5.92 Å². The number of halogens is 3. The van der Waals surface area contributed by atoms with Gasteiger partial charge in [-0.15, -0.1) is 0 Å². The molecular weight excluding hydrogens is 463 g/mol. The molecule has 0 spiro atoms. The Hall–Kier alpha value is -0.990. The number of hydrogen-bond acceptors (Lipinski definition) is 5. The largest absolute Gasteiger partial charge is 0.466 e. The third-order valence-corrected chi connectivity index (χ3v) is 5.69. The van der Waals surface area contributed by atoms with Gasteiger partial charge in [0.15, 0.2) is 0 Å². The van der Waals surface area contributed by atoms with E-state index in [0.29, 0.717) is 21.5 Å². The maximum Gasteiger partial charge on any atom is 0.266 e. The molecule has 28 heavy (non-hydrogen) atoms. The smallest absolute Gasteiger partial charge is 0.266 e. The molecule has 1 aromatic rings. The van der Waals surface area contributed by atoms with Crippen molar-refractivity contribution in [1.29, 1.82) is 0 Å². The van der Waals surface area contributed by atoms with E-state index in [-0.39, 0.29) is 17.7 Å². The Morgan fingerprint density at radius 3 is 2.39 bits per heavy atom. The lowest BCUT2D eigenvalue weighted by atomic mass is 10.2. The molecule has 152 valence electrons. The summed E-state index contributed by atoms with van der Waals surface area (Å²) >= 11 is 24.2. The lowest BCUT2D eigenvalue weighted by Gasteiger charge is -2.27. The first-order valence-corrected chi connectivity index (χ1v) is 10.8. The number of rotatable bonds is 6. The number of amides is 2. The summed E-state index contributed by atoms with van der Waals surface area (Å²) in [5.41, 5.74) is 0.792. The quantitative estimate of drug-likeness (QED) is 0.275. The molecule has 1 heterocycles. The van der Waals surface area contributed by atoms with Crippen molar-refractivity contribution in [3.8, 4) is 5.75 Å². The fraction of sp³-hybridized carbons (Fsp3) is 0.389. The van der Waals surface area contributed by atoms with E-state index in [9.17, 15) is 9.59 Å². The second-order valence-electron chi connectivity index (χ2n) is 6.20. The van der Waals surface area contributed by atoms with Crippen LogP contribution in [0.4, 0.5) is 0 Å². The zero-order chi connectivity index (χ0) is 21.1. The van der Waals surface area contributed by atoms with Gasteiger partial charge in [-0.1, -0.05) is 84.8 Å². The predicted octanol–water partition coefficient (Wildman–Crippen LogP) is 4.76. The van der Waals surface area contributed by atoms with Crippen LogP contribution in [-0.2, 0) is 9.59 Å². The van der Waals surface area contributed by atoms with E-state index in [1.165, 1.54) is 11.8 Å². The number of carbonyl (C=O) groups excluding carboxylic acids is 2. The Morgan fingerprint density at radius 1 is 1.32 bits per heavy atom. The van der Waals surface area contributed by atoms with Crippen LogP contribution in [-0.4, -0.2) is 37.6 Å². The Kier molecular flexibility index (Phi) is 8.05. The number of thiocarbonyl (C=S) groups is 1. The van der Waals surface area contributed by atoms with Crippen molar-refractivity contribution in [2.45, 2.75) is 30.8 Å². The van der Waals surface area contributed by atoms with Gasteiger partial charge in [0.2, 0.25) is 15.9 Å². The predicted molar refractivity (Wildman–Crippen MR) is 120 cm³/mol. The monoisotopic (exact) mass is 480 g/mol. The van der Waals surface area contributed by atoms with Gasteiger partial charge in [-0.25, -0.2) is 0 Å². The van der Waals surface area contributed by atoms with Gasteiger partial charge < -0.3 is 10.1 Å². The second-order valence-corrected chi connectivity index (χ2v) is 10.2. The Morgan fingerprint density at radius 2 is 1.93 bits per heavy atom. The molecular formula is C18H19Cl3N2O3S2. The molecule has 1 aromatic carbocycles. The number of benzene rings is 1. The van der Waals surface area contributed by atoms with E-state index in [4.69, 9.17) is 51.8 Å². The van der Waals surface area contributed by atoms with Gasteiger partial charge in [0.1, 0.15) is 10.1 Å². The Bertz CT molecular complexity index is 792. The van der Waals surface area contributed by atoms with E-state index >= 15 is 0 Å². The van der Waals surface area contributed by atoms with Crippen LogP contribution >= 0.6 is 58.8 Å². The summed E-state index contributed by atoms with van der Waals surface area (Å²) in [6.07, 6.45) is 0.602. The van der Waals surface area contributed by atoms with E-state index < -0.39 is 10.0 Å². The van der Waals surface area contributed by atoms with Gasteiger partial charge in [-0.3, -0.25) is 14.5 Å². The highest BCUT2D eigenvalue weighted by molar-refractivity contribution is 8.26. The molecule has 1 aliphatic heterocycles. The molecule has 1 atom stereocenters. The van der Waals surface area contributed by atoms with Crippen LogP contribution in [0, 0.1) is 5.92 Å². The highest BCUT2D eigenvalue weighted by Gasteiger charge is 2.36. The lowest BCUT2D eigenvalue weighted by molar-refractivity contribution is -0.126. The van der Waals surface area contributed by atoms with Crippen molar-refractivity contribution in [3.63, 3.8) is 0 Å². The normalized spacial score (nSPS) is 17.4. The minimum absolute atomic E-state index is 0.106. The SMILES string of the molecule is CCN1C(=O)/C(=C/c2ccc(O[C@@H](NC(=O)C(C)C)C(Cl)(Cl)Cl)cc2)SC1=S. The molecule has 10 heteroatoms. The van der Waals surface area contributed by atoms with Gasteiger partial charge in [0, 0.05) is 12.5 Å². The highest BCUT2D eigenvalue weighted by Crippen LogP contribution is 2.34. The van der Waals surface area contributed by atoms with Crippen molar-refractivity contribution >= 4 is 81.0 Å². The summed E-state index contributed by atoms with van der Waals surface area (Å²) in [5, 5.41) is 2.56. The zero-order valence-corrected chi connectivity index (χ0v) is 19.3. The summed E-state index contributed by atoms with van der Waals surface area (Å²) in [6.45, 7) is 5.86. The summed E-state index contributed by atoms with van der Waals surface area (Å²) < 4.78 is 4.34. The van der Waals surface area contributed by atoms with E-state index in [1.807, 2.05) is 6.92 Å². The number of hydrogen-bond donors (Lipinski definition) is 1. The molecule has 2 amide bonds. The van der Waals surface area contributed by atoms with E-state index in [0.717, 1.165) is 5.56 Å². The zero-order valence-electron chi connectivity index (χ0n) is 15.4. The summed E-state index contributed by atoms with van der Waals surface area (Å²) in [5.74, 6) is -0.294. The number of alkyl halides is 3. The van der Waals surface area contributed by atoms with E-state index in [2.05, 4.69) is 5.32 Å². The average Bonchev–Trinajstić information content (AvgIpc) is 2.87. The third-order valence-electron chi connectivity index (χ3n) is 3.72. The van der Waals surface area contributed by atoms with Gasteiger partial charge >= 0.3 is 0 Å². The third kappa shape index (κ3) is 6.00. The topological polar surface area (TPSA) is 58.6 Å². The van der Waals surface area contributed by atoms with Crippen LogP contribution in [0.3, 0.4) is 0 Å². The molecule has 1 saturated heterocycles. The first kappa shape index (κ1) is 23.3. The van der Waals surface area contributed by atoms with Crippen LogP contribution in [0.2, 0.25) is 0 Å². The number of carbonyl (C=O) groups is 2. The van der Waals surface area contributed by atoms with Crippen LogP contribution in [0.15, 0.2) is 29.2 Å². The Balaban J connectivity index is 2.13. The molecule has 1 aliphatic rings. The standard InChI is InChI=1S/C18H19Cl3N2O3S2/c1-4-23-15(25)13(28-17(23)27)9-11-5-7-12(8-6-11)26-16(18(19,20)21)22-14(24)10(2)3/h5-10,16H,4H2,1-3H3,(H,22,24)/b13-9-/t16-/m1/s1. The molecule has 0 aliphatic carbocycles. The van der Waals surface area contributed by atoms with Crippen LogP contribution in [0.25, 0.3) is 6.08 Å². The maximum absolute atomic E-state index is 12.3. The fourth-order valence-corrected chi connectivity index (χ4v) is 3.86. The van der Waals surface area contributed by atoms with Gasteiger partial charge in [0.25, 0.3) is 5.91 Å². The average molecular weight is 482 g/mol. The number of nitrogens with one attached hydrogen (secondary N) is 1. The highest BCUT2D eigenvalue weighted by atomic mass is 35.6.